The zero-order chi connectivity index (χ0) is 18.4. The Morgan fingerprint density at radius 3 is 2.52 bits per heavy atom. The predicted molar refractivity (Wildman–Crippen MR) is 104 cm³/mol. The van der Waals surface area contributed by atoms with E-state index in [2.05, 4.69) is 39.1 Å². The number of hydrogen-bond donors (Lipinski definition) is 2. The summed E-state index contributed by atoms with van der Waals surface area (Å²) in [4.78, 5) is 10.9. The Hall–Kier alpha value is -1.73. The molecule has 7 heteroatoms. The minimum absolute atomic E-state index is 0.513. The van der Waals surface area contributed by atoms with Gasteiger partial charge in [0, 0.05) is 18.6 Å². The summed E-state index contributed by atoms with van der Waals surface area (Å²) in [6.07, 6.45) is 3.94. The van der Waals surface area contributed by atoms with Crippen LogP contribution in [-0.2, 0) is 6.54 Å². The molecular formula is C18H33N7. The Morgan fingerprint density at radius 2 is 1.88 bits per heavy atom. The zero-order valence-corrected chi connectivity index (χ0v) is 16.3. The van der Waals surface area contributed by atoms with Crippen molar-refractivity contribution in [2.45, 2.75) is 66.1 Å². The van der Waals surface area contributed by atoms with Crippen molar-refractivity contribution in [1.82, 2.24) is 30.0 Å². The highest BCUT2D eigenvalue weighted by atomic mass is 15.3. The van der Waals surface area contributed by atoms with Gasteiger partial charge in [0.15, 0.2) is 5.65 Å². The second-order valence-corrected chi connectivity index (χ2v) is 6.70. The molecule has 0 spiro atoms. The smallest absolute Gasteiger partial charge is 0.163 e. The molecule has 0 aliphatic carbocycles. The van der Waals surface area contributed by atoms with Crippen LogP contribution >= 0.6 is 0 Å². The van der Waals surface area contributed by atoms with Crippen LogP contribution in [0.4, 0.5) is 5.82 Å². The van der Waals surface area contributed by atoms with Crippen LogP contribution in [-0.4, -0.2) is 56.4 Å². The average Bonchev–Trinajstić information content (AvgIpc) is 2.93. The van der Waals surface area contributed by atoms with Gasteiger partial charge in [-0.2, -0.15) is 5.10 Å². The number of rotatable bonds is 5. The van der Waals surface area contributed by atoms with Crippen LogP contribution in [0.1, 0.15) is 46.2 Å². The molecule has 0 unspecified atom stereocenters. The molecule has 1 aliphatic rings. The number of piperidine rings is 1. The summed E-state index contributed by atoms with van der Waals surface area (Å²) in [5.74, 6) is 0.513. The second kappa shape index (κ2) is 9.10. The minimum atomic E-state index is 0.513. The maximum atomic E-state index is 5.94. The first-order chi connectivity index (χ1) is 12.0. The van der Waals surface area contributed by atoms with Crippen molar-refractivity contribution in [2.75, 3.05) is 25.4 Å². The van der Waals surface area contributed by atoms with Crippen LogP contribution in [0.5, 0.6) is 0 Å². The fourth-order valence-corrected chi connectivity index (χ4v) is 3.40. The Balaban J connectivity index is 0.00000109. The number of hydrogen-bond acceptors (Lipinski definition) is 6. The van der Waals surface area contributed by atoms with E-state index in [4.69, 9.17) is 5.73 Å². The number of aryl methyl sites for hydroxylation is 1. The number of fused-ring (bicyclic) bond motifs is 1. The summed E-state index contributed by atoms with van der Waals surface area (Å²) < 4.78 is 1.96. The van der Waals surface area contributed by atoms with Crippen LogP contribution in [0.25, 0.3) is 11.0 Å². The van der Waals surface area contributed by atoms with E-state index >= 15 is 0 Å². The molecule has 140 valence electrons. The number of nitrogens with two attached hydrogens (primary N) is 1. The first-order valence-electron chi connectivity index (χ1n) is 9.46. The zero-order valence-electron chi connectivity index (χ0n) is 16.3. The lowest BCUT2D eigenvalue weighted by Crippen LogP contribution is -2.45. The summed E-state index contributed by atoms with van der Waals surface area (Å²) in [6.45, 7) is 14.5. The third kappa shape index (κ3) is 4.89. The van der Waals surface area contributed by atoms with E-state index in [1.807, 2.05) is 25.5 Å². The molecule has 2 aromatic heterocycles. The molecule has 1 aliphatic heterocycles. The molecule has 2 aromatic rings. The van der Waals surface area contributed by atoms with E-state index in [0.717, 1.165) is 42.9 Å². The van der Waals surface area contributed by atoms with Crippen molar-refractivity contribution in [3.63, 3.8) is 0 Å². The van der Waals surface area contributed by atoms with Gasteiger partial charge in [0.1, 0.15) is 12.1 Å². The molecule has 7 nitrogen and oxygen atoms in total. The van der Waals surface area contributed by atoms with Crippen molar-refractivity contribution >= 4 is 16.9 Å². The lowest BCUT2D eigenvalue weighted by Gasteiger charge is -2.33. The third-order valence-electron chi connectivity index (χ3n) is 4.52. The van der Waals surface area contributed by atoms with Gasteiger partial charge in [0.2, 0.25) is 0 Å². The van der Waals surface area contributed by atoms with Gasteiger partial charge in [-0.15, -0.1) is 0 Å². The molecule has 3 N–H and O–H groups in total. The van der Waals surface area contributed by atoms with Crippen molar-refractivity contribution in [1.29, 1.82) is 0 Å². The van der Waals surface area contributed by atoms with Gasteiger partial charge in [-0.1, -0.05) is 27.7 Å². The fourth-order valence-electron chi connectivity index (χ4n) is 3.40. The van der Waals surface area contributed by atoms with Crippen LogP contribution in [0.15, 0.2) is 6.33 Å². The molecule has 0 bridgehead atoms. The number of nitrogen functional groups attached to an aromatic ring is 1. The van der Waals surface area contributed by atoms with Crippen molar-refractivity contribution in [3.8, 4) is 0 Å². The highest BCUT2D eigenvalue weighted by Crippen LogP contribution is 2.20. The summed E-state index contributed by atoms with van der Waals surface area (Å²) in [6, 6.07) is 1.22. The van der Waals surface area contributed by atoms with Gasteiger partial charge >= 0.3 is 0 Å². The van der Waals surface area contributed by atoms with Crippen molar-refractivity contribution < 1.29 is 0 Å². The Kier molecular flexibility index (Phi) is 7.13. The van der Waals surface area contributed by atoms with Gasteiger partial charge in [-0.05, 0) is 32.9 Å². The summed E-state index contributed by atoms with van der Waals surface area (Å²) in [5.41, 5.74) is 7.68. The SMILES string of the molecule is CC.Cc1nn(CCN2CCC(NC(C)C)CC2)c2ncnc(N)c12. The lowest BCUT2D eigenvalue weighted by atomic mass is 10.0. The Labute approximate surface area is 151 Å². The summed E-state index contributed by atoms with van der Waals surface area (Å²) in [5, 5.41) is 9.10. The number of anilines is 1. The molecular weight excluding hydrogens is 314 g/mol. The van der Waals surface area contributed by atoms with Crippen LogP contribution in [0, 0.1) is 6.92 Å². The Bertz CT molecular complexity index is 657. The molecule has 0 radical (unpaired) electrons. The normalized spacial score (nSPS) is 16.2. The minimum Gasteiger partial charge on any atom is -0.383 e. The number of nitrogens with one attached hydrogen (secondary N) is 1. The van der Waals surface area contributed by atoms with Gasteiger partial charge < -0.3 is 16.0 Å². The molecule has 1 saturated heterocycles. The Morgan fingerprint density at radius 1 is 1.20 bits per heavy atom. The van der Waals surface area contributed by atoms with E-state index in [1.54, 1.807) is 0 Å². The molecule has 0 saturated carbocycles. The van der Waals surface area contributed by atoms with Crippen LogP contribution < -0.4 is 11.1 Å². The summed E-state index contributed by atoms with van der Waals surface area (Å²) in [7, 11) is 0. The van der Waals surface area contributed by atoms with Gasteiger partial charge in [-0.3, -0.25) is 0 Å². The summed E-state index contributed by atoms with van der Waals surface area (Å²) >= 11 is 0. The standard InChI is InChI=1S/C16H27N7.C2H6/c1-11(2)20-13-4-6-22(7-5-13)8-9-23-16-14(12(3)21-23)15(17)18-10-19-16;1-2/h10-11,13,20H,4-9H2,1-3H3,(H2,17,18,19);1-2H3. The van der Waals surface area contributed by atoms with E-state index in [9.17, 15) is 0 Å². The van der Waals surface area contributed by atoms with Crippen molar-refractivity contribution in [2.24, 2.45) is 0 Å². The maximum Gasteiger partial charge on any atom is 0.163 e. The third-order valence-corrected chi connectivity index (χ3v) is 4.52. The van der Waals surface area contributed by atoms with E-state index in [-0.39, 0.29) is 0 Å². The molecule has 0 amide bonds. The lowest BCUT2D eigenvalue weighted by molar-refractivity contribution is 0.186. The van der Waals surface area contributed by atoms with Gasteiger partial charge in [0.25, 0.3) is 0 Å². The van der Waals surface area contributed by atoms with Gasteiger partial charge in [-0.25, -0.2) is 14.6 Å². The first kappa shape index (κ1) is 19.6. The van der Waals surface area contributed by atoms with Crippen LogP contribution in [0.2, 0.25) is 0 Å². The topological polar surface area (TPSA) is 84.9 Å². The molecule has 1 fully saturated rings. The molecule has 25 heavy (non-hydrogen) atoms. The molecule has 3 heterocycles. The predicted octanol–water partition coefficient (Wildman–Crippen LogP) is 2.21. The highest BCUT2D eigenvalue weighted by molar-refractivity contribution is 5.87. The molecule has 0 atom stereocenters. The average molecular weight is 348 g/mol. The highest BCUT2D eigenvalue weighted by Gasteiger charge is 2.20. The van der Waals surface area contributed by atoms with Crippen molar-refractivity contribution in [3.05, 3.63) is 12.0 Å². The van der Waals surface area contributed by atoms with E-state index in [1.165, 1.54) is 19.2 Å². The fraction of sp³-hybridized carbons (Fsp3) is 0.722. The maximum absolute atomic E-state index is 5.94. The molecule has 3 rings (SSSR count). The number of aromatic nitrogens is 4. The largest absolute Gasteiger partial charge is 0.383 e. The molecule has 0 aromatic carbocycles. The first-order valence-corrected chi connectivity index (χ1v) is 9.46. The quantitative estimate of drug-likeness (QED) is 0.862. The van der Waals surface area contributed by atoms with Gasteiger partial charge in [0.05, 0.1) is 17.6 Å². The van der Waals surface area contributed by atoms with Crippen LogP contribution in [0.3, 0.4) is 0 Å². The van der Waals surface area contributed by atoms with E-state index in [0.29, 0.717) is 17.9 Å². The second-order valence-electron chi connectivity index (χ2n) is 6.70. The number of likely N-dealkylation sites (tertiary alicyclic amines) is 1. The monoisotopic (exact) mass is 347 g/mol. The van der Waals surface area contributed by atoms with E-state index < -0.39 is 0 Å². The number of nitrogens with zero attached hydrogens (tertiary/aromatic N) is 5.